The van der Waals surface area contributed by atoms with Crippen LogP contribution >= 0.6 is 11.3 Å². The van der Waals surface area contributed by atoms with Crippen molar-refractivity contribution in [3.05, 3.63) is 70.4 Å². The molecule has 28 heavy (non-hydrogen) atoms. The molecule has 0 bridgehead atoms. The van der Waals surface area contributed by atoms with Gasteiger partial charge in [0, 0.05) is 5.38 Å². The Morgan fingerprint density at radius 1 is 1.11 bits per heavy atom. The maximum absolute atomic E-state index is 12.9. The number of esters is 1. The maximum atomic E-state index is 12.9. The van der Waals surface area contributed by atoms with Gasteiger partial charge in [0.05, 0.1) is 11.2 Å². The van der Waals surface area contributed by atoms with Gasteiger partial charge in [-0.05, 0) is 36.4 Å². The number of rotatable bonds is 7. The Kier molecular flexibility index (Phi) is 5.24. The van der Waals surface area contributed by atoms with Gasteiger partial charge in [0.25, 0.3) is 0 Å². The minimum Gasteiger partial charge on any atom is -0.486 e. The number of carbonyl (C=O) groups excluding carboxylic acids is 1. The lowest BCUT2D eigenvalue weighted by molar-refractivity contribution is -0.145. The molecule has 4 aromatic rings. The van der Waals surface area contributed by atoms with Crippen LogP contribution in [0.2, 0.25) is 0 Å². The molecule has 4 rings (SSSR count). The first kappa shape index (κ1) is 18.1. The van der Waals surface area contributed by atoms with Crippen LogP contribution in [0.1, 0.15) is 10.7 Å². The van der Waals surface area contributed by atoms with Gasteiger partial charge >= 0.3 is 5.97 Å². The summed E-state index contributed by atoms with van der Waals surface area (Å²) in [7, 11) is 0. The molecule has 7 nitrogen and oxygen atoms in total. The van der Waals surface area contributed by atoms with Crippen LogP contribution in [-0.4, -0.2) is 25.9 Å². The van der Waals surface area contributed by atoms with Gasteiger partial charge in [0.15, 0.2) is 0 Å². The first-order chi connectivity index (χ1) is 13.7. The molecule has 2 heterocycles. The van der Waals surface area contributed by atoms with Gasteiger partial charge in [-0.15, -0.1) is 16.4 Å². The van der Waals surface area contributed by atoms with Crippen molar-refractivity contribution in [3.8, 4) is 5.75 Å². The number of halogens is 1. The van der Waals surface area contributed by atoms with E-state index in [1.54, 1.807) is 12.1 Å². The maximum Gasteiger partial charge on any atom is 0.328 e. The minimum absolute atomic E-state index is 0.0226. The highest BCUT2D eigenvalue weighted by molar-refractivity contribution is 7.09. The van der Waals surface area contributed by atoms with Crippen LogP contribution in [0, 0.1) is 5.82 Å². The van der Waals surface area contributed by atoms with Crippen LogP contribution in [-0.2, 0) is 29.3 Å². The number of hydrogen-bond acceptors (Lipinski definition) is 7. The normalized spacial score (nSPS) is 10.9. The molecule has 142 valence electrons. The summed E-state index contributed by atoms with van der Waals surface area (Å²) in [5.74, 6) is -0.179. The lowest BCUT2D eigenvalue weighted by Gasteiger charge is -2.04. The van der Waals surface area contributed by atoms with Crippen LogP contribution < -0.4 is 4.74 Å². The molecule has 0 aliphatic carbocycles. The average molecular weight is 398 g/mol. The molecule has 0 saturated carbocycles. The number of para-hydroxylation sites is 1. The van der Waals surface area contributed by atoms with Crippen molar-refractivity contribution in [1.29, 1.82) is 0 Å². The molecular weight excluding hydrogens is 383 g/mol. The first-order valence-corrected chi connectivity index (χ1v) is 9.31. The summed E-state index contributed by atoms with van der Waals surface area (Å²) in [5.41, 5.74) is 2.13. The molecule has 9 heteroatoms. The van der Waals surface area contributed by atoms with Crippen molar-refractivity contribution in [1.82, 2.24) is 20.0 Å². The SMILES string of the molecule is O=C(Cn1nnc2ccccc21)OCc1csc(COc2ccc(F)cc2)n1. The van der Waals surface area contributed by atoms with E-state index in [2.05, 4.69) is 15.3 Å². The lowest BCUT2D eigenvalue weighted by atomic mass is 10.3. The zero-order valence-corrected chi connectivity index (χ0v) is 15.4. The Labute approximate surface area is 163 Å². The summed E-state index contributed by atoms with van der Waals surface area (Å²) >= 11 is 1.40. The lowest BCUT2D eigenvalue weighted by Crippen LogP contribution is -2.14. The fraction of sp³-hybridized carbons (Fsp3) is 0.158. The smallest absolute Gasteiger partial charge is 0.328 e. The Balaban J connectivity index is 1.28. The van der Waals surface area contributed by atoms with Crippen molar-refractivity contribution in [2.75, 3.05) is 0 Å². The average Bonchev–Trinajstić information content (AvgIpc) is 3.33. The molecule has 0 saturated heterocycles. The van der Waals surface area contributed by atoms with Gasteiger partial charge in [0.2, 0.25) is 0 Å². The highest BCUT2D eigenvalue weighted by Crippen LogP contribution is 2.16. The molecule has 0 aliphatic heterocycles. The summed E-state index contributed by atoms with van der Waals surface area (Å²) in [6.07, 6.45) is 0. The van der Waals surface area contributed by atoms with Crippen LogP contribution in [0.15, 0.2) is 53.9 Å². The van der Waals surface area contributed by atoms with E-state index in [0.717, 1.165) is 16.0 Å². The number of ether oxygens (including phenoxy) is 2. The Morgan fingerprint density at radius 2 is 1.93 bits per heavy atom. The highest BCUT2D eigenvalue weighted by atomic mass is 32.1. The number of carbonyl (C=O) groups is 1. The Morgan fingerprint density at radius 3 is 2.79 bits per heavy atom. The zero-order chi connectivity index (χ0) is 19.3. The molecular formula is C19H15FN4O3S. The number of fused-ring (bicyclic) bond motifs is 1. The molecule has 0 atom stereocenters. The van der Waals surface area contributed by atoms with E-state index in [0.29, 0.717) is 11.4 Å². The van der Waals surface area contributed by atoms with Crippen LogP contribution in [0.4, 0.5) is 4.39 Å². The summed E-state index contributed by atoms with van der Waals surface area (Å²) in [6, 6.07) is 13.2. The molecule has 0 N–H and O–H groups in total. The van der Waals surface area contributed by atoms with Crippen molar-refractivity contribution in [3.63, 3.8) is 0 Å². The van der Waals surface area contributed by atoms with Crippen LogP contribution in [0.25, 0.3) is 11.0 Å². The third kappa shape index (κ3) is 4.32. The molecule has 0 fully saturated rings. The fourth-order valence-corrected chi connectivity index (χ4v) is 3.20. The van der Waals surface area contributed by atoms with Crippen LogP contribution in [0.3, 0.4) is 0 Å². The van der Waals surface area contributed by atoms with Gasteiger partial charge in [-0.25, -0.2) is 14.1 Å². The van der Waals surface area contributed by atoms with E-state index in [4.69, 9.17) is 9.47 Å². The number of hydrogen-bond donors (Lipinski definition) is 0. The number of benzene rings is 2. The van der Waals surface area contributed by atoms with Crippen LogP contribution in [0.5, 0.6) is 5.75 Å². The molecule has 0 spiro atoms. The van der Waals surface area contributed by atoms with E-state index < -0.39 is 5.97 Å². The van der Waals surface area contributed by atoms with Gasteiger partial charge in [0.1, 0.15) is 41.8 Å². The van der Waals surface area contributed by atoms with Crippen molar-refractivity contribution in [2.45, 2.75) is 19.8 Å². The number of thiazole rings is 1. The van der Waals surface area contributed by atoms with E-state index in [-0.39, 0.29) is 25.6 Å². The third-order valence-electron chi connectivity index (χ3n) is 3.86. The Bertz CT molecular complexity index is 1090. The third-order valence-corrected chi connectivity index (χ3v) is 4.73. The predicted molar refractivity (Wildman–Crippen MR) is 100 cm³/mol. The molecule has 2 aromatic carbocycles. The Hall–Kier alpha value is -3.33. The van der Waals surface area contributed by atoms with E-state index in [1.165, 1.54) is 28.2 Å². The largest absolute Gasteiger partial charge is 0.486 e. The summed E-state index contributed by atoms with van der Waals surface area (Å²) in [5, 5.41) is 10.5. The topological polar surface area (TPSA) is 79.1 Å². The number of nitrogens with zero attached hydrogens (tertiary/aromatic N) is 4. The molecule has 2 aromatic heterocycles. The second-order valence-corrected chi connectivity index (χ2v) is 6.81. The zero-order valence-electron chi connectivity index (χ0n) is 14.6. The van der Waals surface area contributed by atoms with Gasteiger partial charge in [-0.3, -0.25) is 4.79 Å². The summed E-state index contributed by atoms with van der Waals surface area (Å²) < 4.78 is 25.2. The van der Waals surface area contributed by atoms with Gasteiger partial charge < -0.3 is 9.47 Å². The fourth-order valence-electron chi connectivity index (χ4n) is 2.51. The van der Waals surface area contributed by atoms with Crippen molar-refractivity contribution >= 4 is 28.3 Å². The van der Waals surface area contributed by atoms with Crippen molar-refractivity contribution < 1.29 is 18.7 Å². The summed E-state index contributed by atoms with van der Waals surface area (Å²) in [4.78, 5) is 16.5. The molecule has 0 radical (unpaired) electrons. The highest BCUT2D eigenvalue weighted by Gasteiger charge is 2.11. The second-order valence-electron chi connectivity index (χ2n) is 5.87. The summed E-state index contributed by atoms with van der Waals surface area (Å²) in [6.45, 7) is 0.304. The van der Waals surface area contributed by atoms with Crippen molar-refractivity contribution in [2.24, 2.45) is 0 Å². The molecule has 0 unspecified atom stereocenters. The predicted octanol–water partition coefficient (Wildman–Crippen LogP) is 3.35. The molecule has 0 amide bonds. The van der Waals surface area contributed by atoms with E-state index in [1.807, 2.05) is 29.6 Å². The quantitative estimate of drug-likeness (QED) is 0.444. The second kappa shape index (κ2) is 8.13. The molecule has 0 aliphatic rings. The standard InChI is InChI=1S/C19H15FN4O3S/c20-13-5-7-15(8-6-13)26-11-18-21-14(12-28-18)10-27-19(25)9-24-17-4-2-1-3-16(17)22-23-24/h1-8,12H,9-11H2. The monoisotopic (exact) mass is 398 g/mol. The number of aromatic nitrogens is 4. The van der Waals surface area contributed by atoms with E-state index >= 15 is 0 Å². The van der Waals surface area contributed by atoms with Gasteiger partial charge in [-0.2, -0.15) is 0 Å². The van der Waals surface area contributed by atoms with E-state index in [9.17, 15) is 9.18 Å². The van der Waals surface area contributed by atoms with Gasteiger partial charge in [-0.1, -0.05) is 17.3 Å². The minimum atomic E-state index is -0.423. The first-order valence-electron chi connectivity index (χ1n) is 8.43.